The summed E-state index contributed by atoms with van der Waals surface area (Å²) >= 11 is 1.93. The molecule has 1 rings (SSSR count). The van der Waals surface area contributed by atoms with Gasteiger partial charge in [0.25, 0.3) is 0 Å². The standard InChI is InChI=1S/C13H24N2O3S/c1-3-11-9-15(7-8-19-11)13(18)14-6-4-5-10(2)12(16)17/h10-11H,3-9H2,1-2H3,(H,14,18)(H,16,17). The molecule has 6 heteroatoms. The van der Waals surface area contributed by atoms with Crippen molar-refractivity contribution in [2.75, 3.05) is 25.4 Å². The smallest absolute Gasteiger partial charge is 0.317 e. The van der Waals surface area contributed by atoms with E-state index < -0.39 is 5.97 Å². The van der Waals surface area contributed by atoms with E-state index >= 15 is 0 Å². The third-order valence-corrected chi connectivity index (χ3v) is 4.77. The molecular weight excluding hydrogens is 264 g/mol. The maximum Gasteiger partial charge on any atom is 0.317 e. The molecule has 1 aliphatic rings. The highest BCUT2D eigenvalue weighted by Crippen LogP contribution is 2.20. The molecule has 1 heterocycles. The summed E-state index contributed by atoms with van der Waals surface area (Å²) in [4.78, 5) is 24.4. The normalized spacial score (nSPS) is 20.9. The summed E-state index contributed by atoms with van der Waals surface area (Å²) in [5, 5.41) is 12.2. The van der Waals surface area contributed by atoms with E-state index in [1.165, 1.54) is 0 Å². The first-order chi connectivity index (χ1) is 9.04. The van der Waals surface area contributed by atoms with Gasteiger partial charge in [0.2, 0.25) is 0 Å². The van der Waals surface area contributed by atoms with E-state index in [0.29, 0.717) is 24.6 Å². The van der Waals surface area contributed by atoms with Crippen LogP contribution in [-0.2, 0) is 4.79 Å². The van der Waals surface area contributed by atoms with Gasteiger partial charge >= 0.3 is 12.0 Å². The van der Waals surface area contributed by atoms with Crippen molar-refractivity contribution in [1.82, 2.24) is 10.2 Å². The van der Waals surface area contributed by atoms with E-state index in [2.05, 4.69) is 12.2 Å². The van der Waals surface area contributed by atoms with Crippen molar-refractivity contribution < 1.29 is 14.7 Å². The minimum Gasteiger partial charge on any atom is -0.481 e. The highest BCUT2D eigenvalue weighted by Gasteiger charge is 2.22. The number of urea groups is 1. The Kier molecular flexibility index (Phi) is 7.05. The van der Waals surface area contributed by atoms with Crippen molar-refractivity contribution in [3.8, 4) is 0 Å². The van der Waals surface area contributed by atoms with Crippen molar-refractivity contribution in [2.24, 2.45) is 5.92 Å². The van der Waals surface area contributed by atoms with Gasteiger partial charge in [0, 0.05) is 30.6 Å². The van der Waals surface area contributed by atoms with Crippen LogP contribution in [0.25, 0.3) is 0 Å². The number of carbonyl (C=O) groups is 2. The van der Waals surface area contributed by atoms with E-state index in [0.717, 1.165) is 25.3 Å². The van der Waals surface area contributed by atoms with Crippen LogP contribution in [0.5, 0.6) is 0 Å². The van der Waals surface area contributed by atoms with Gasteiger partial charge in [-0.2, -0.15) is 11.8 Å². The summed E-state index contributed by atoms with van der Waals surface area (Å²) in [6.07, 6.45) is 2.40. The Morgan fingerprint density at radius 3 is 2.89 bits per heavy atom. The molecule has 0 radical (unpaired) electrons. The quantitative estimate of drug-likeness (QED) is 0.734. The second-order valence-electron chi connectivity index (χ2n) is 4.96. The largest absolute Gasteiger partial charge is 0.481 e. The predicted octanol–water partition coefficient (Wildman–Crippen LogP) is 2.02. The van der Waals surface area contributed by atoms with E-state index in [4.69, 9.17) is 5.11 Å². The first-order valence-corrected chi connectivity index (χ1v) is 7.96. The van der Waals surface area contributed by atoms with Crippen LogP contribution >= 0.6 is 11.8 Å². The SMILES string of the molecule is CCC1CN(C(=O)NCCCC(C)C(=O)O)CCS1. The number of carboxylic acids is 1. The number of carboxylic acid groups (broad SMARTS) is 1. The number of carbonyl (C=O) groups excluding carboxylic acids is 1. The zero-order valence-corrected chi connectivity index (χ0v) is 12.5. The first kappa shape index (κ1) is 16.1. The van der Waals surface area contributed by atoms with E-state index in [1.807, 2.05) is 16.7 Å². The van der Waals surface area contributed by atoms with Crippen molar-refractivity contribution in [1.29, 1.82) is 0 Å². The molecule has 110 valence electrons. The van der Waals surface area contributed by atoms with E-state index in [-0.39, 0.29) is 11.9 Å². The molecular formula is C13H24N2O3S. The first-order valence-electron chi connectivity index (χ1n) is 6.91. The molecule has 2 unspecified atom stereocenters. The molecule has 5 nitrogen and oxygen atoms in total. The topological polar surface area (TPSA) is 69.6 Å². The van der Waals surface area contributed by atoms with Crippen molar-refractivity contribution in [3.05, 3.63) is 0 Å². The molecule has 1 aliphatic heterocycles. The molecule has 0 bridgehead atoms. The monoisotopic (exact) mass is 288 g/mol. The lowest BCUT2D eigenvalue weighted by atomic mass is 10.1. The fraction of sp³-hybridized carbons (Fsp3) is 0.846. The Morgan fingerprint density at radius 2 is 2.26 bits per heavy atom. The van der Waals surface area contributed by atoms with Gasteiger partial charge < -0.3 is 15.3 Å². The number of aliphatic carboxylic acids is 1. The molecule has 0 saturated carbocycles. The van der Waals surface area contributed by atoms with Gasteiger partial charge in [-0.05, 0) is 19.3 Å². The summed E-state index contributed by atoms with van der Waals surface area (Å²) in [6.45, 7) is 6.01. The number of rotatable bonds is 6. The molecule has 0 spiro atoms. The fourth-order valence-electron chi connectivity index (χ4n) is 1.99. The lowest BCUT2D eigenvalue weighted by Gasteiger charge is -2.31. The van der Waals surface area contributed by atoms with Crippen LogP contribution in [0.4, 0.5) is 4.79 Å². The molecule has 2 atom stereocenters. The number of hydrogen-bond acceptors (Lipinski definition) is 3. The predicted molar refractivity (Wildman–Crippen MR) is 77.5 cm³/mol. The second kappa shape index (κ2) is 8.30. The number of amides is 2. The molecule has 0 aliphatic carbocycles. The maximum atomic E-state index is 11.9. The lowest BCUT2D eigenvalue weighted by molar-refractivity contribution is -0.141. The van der Waals surface area contributed by atoms with Crippen LogP contribution in [0.3, 0.4) is 0 Å². The van der Waals surface area contributed by atoms with Gasteiger partial charge in [-0.15, -0.1) is 0 Å². The third kappa shape index (κ3) is 5.72. The summed E-state index contributed by atoms with van der Waals surface area (Å²) in [6, 6.07) is -0.0123. The van der Waals surface area contributed by atoms with Crippen molar-refractivity contribution >= 4 is 23.8 Å². The fourth-order valence-corrected chi connectivity index (χ4v) is 3.17. The minimum atomic E-state index is -0.773. The van der Waals surface area contributed by atoms with Gasteiger partial charge in [0.15, 0.2) is 0 Å². The third-order valence-electron chi connectivity index (χ3n) is 3.39. The summed E-state index contributed by atoms with van der Waals surface area (Å²) in [5.74, 6) is -0.111. The summed E-state index contributed by atoms with van der Waals surface area (Å²) in [5.41, 5.74) is 0. The average Bonchev–Trinajstić information content (AvgIpc) is 2.42. The van der Waals surface area contributed by atoms with Gasteiger partial charge in [-0.25, -0.2) is 4.79 Å². The second-order valence-corrected chi connectivity index (χ2v) is 6.37. The Bertz CT molecular complexity index is 312. The van der Waals surface area contributed by atoms with Crippen LogP contribution < -0.4 is 5.32 Å². The van der Waals surface area contributed by atoms with Gasteiger partial charge in [-0.1, -0.05) is 13.8 Å². The number of nitrogens with zero attached hydrogens (tertiary/aromatic N) is 1. The van der Waals surface area contributed by atoms with Crippen molar-refractivity contribution in [3.63, 3.8) is 0 Å². The lowest BCUT2D eigenvalue weighted by Crippen LogP contribution is -2.47. The molecule has 1 saturated heterocycles. The van der Waals surface area contributed by atoms with Gasteiger partial charge in [0.1, 0.15) is 0 Å². The van der Waals surface area contributed by atoms with Crippen LogP contribution in [-0.4, -0.2) is 52.6 Å². The summed E-state index contributed by atoms with van der Waals surface area (Å²) in [7, 11) is 0. The Labute approximate surface area is 119 Å². The molecule has 0 aromatic rings. The van der Waals surface area contributed by atoms with Crippen molar-refractivity contribution in [2.45, 2.75) is 38.4 Å². The summed E-state index contributed by atoms with van der Waals surface area (Å²) < 4.78 is 0. The Hall–Kier alpha value is -0.910. The molecule has 2 amide bonds. The molecule has 0 aromatic heterocycles. The Morgan fingerprint density at radius 1 is 1.53 bits per heavy atom. The zero-order valence-electron chi connectivity index (χ0n) is 11.7. The van der Waals surface area contributed by atoms with Crippen LogP contribution in [0.15, 0.2) is 0 Å². The molecule has 19 heavy (non-hydrogen) atoms. The van der Waals surface area contributed by atoms with E-state index in [9.17, 15) is 9.59 Å². The van der Waals surface area contributed by atoms with Crippen LogP contribution in [0.2, 0.25) is 0 Å². The molecule has 2 N–H and O–H groups in total. The maximum absolute atomic E-state index is 11.9. The number of nitrogens with one attached hydrogen (secondary N) is 1. The molecule has 1 fully saturated rings. The van der Waals surface area contributed by atoms with Gasteiger partial charge in [-0.3, -0.25) is 4.79 Å². The zero-order chi connectivity index (χ0) is 14.3. The Balaban J connectivity index is 2.18. The van der Waals surface area contributed by atoms with E-state index in [1.54, 1.807) is 6.92 Å². The van der Waals surface area contributed by atoms with Crippen LogP contribution in [0, 0.1) is 5.92 Å². The van der Waals surface area contributed by atoms with Gasteiger partial charge in [0.05, 0.1) is 5.92 Å². The van der Waals surface area contributed by atoms with Crippen LogP contribution in [0.1, 0.15) is 33.1 Å². The number of hydrogen-bond donors (Lipinski definition) is 2. The minimum absolute atomic E-state index is 0.0123. The highest BCUT2D eigenvalue weighted by atomic mass is 32.2. The average molecular weight is 288 g/mol. The molecule has 0 aromatic carbocycles. The highest BCUT2D eigenvalue weighted by molar-refractivity contribution is 8.00. The number of thioether (sulfide) groups is 1.